The van der Waals surface area contributed by atoms with Gasteiger partial charge in [-0.2, -0.15) is 13.2 Å². The van der Waals surface area contributed by atoms with Crippen LogP contribution in [0.3, 0.4) is 0 Å². The molecule has 0 atom stereocenters. The van der Waals surface area contributed by atoms with E-state index in [1.54, 1.807) is 23.1 Å². The Labute approximate surface area is 164 Å². The second-order valence-corrected chi connectivity index (χ2v) is 6.82. The summed E-state index contributed by atoms with van der Waals surface area (Å²) in [5.41, 5.74) is 0.364. The van der Waals surface area contributed by atoms with Gasteiger partial charge in [0.1, 0.15) is 0 Å². The maximum absolute atomic E-state index is 12.7. The van der Waals surface area contributed by atoms with E-state index < -0.39 is 11.7 Å². The second kappa shape index (κ2) is 7.75. The van der Waals surface area contributed by atoms with Gasteiger partial charge in [-0.3, -0.25) is 9.69 Å². The summed E-state index contributed by atoms with van der Waals surface area (Å²) in [5.74, 6) is 0.665. The number of carbonyl (C=O) groups is 1. The normalized spacial score (nSPS) is 15.6. The number of hydrogen-bond donors (Lipinski definition) is 0. The quantitative estimate of drug-likeness (QED) is 0.659. The summed E-state index contributed by atoms with van der Waals surface area (Å²) < 4.78 is 48.4. The summed E-state index contributed by atoms with van der Waals surface area (Å²) in [7, 11) is 0. The van der Waals surface area contributed by atoms with Gasteiger partial charge in [-0.1, -0.05) is 17.3 Å². The molecule has 3 aromatic rings. The fourth-order valence-corrected chi connectivity index (χ4v) is 3.24. The third kappa shape index (κ3) is 4.34. The summed E-state index contributed by atoms with van der Waals surface area (Å²) in [5, 5.41) is 3.83. The van der Waals surface area contributed by atoms with E-state index in [1.165, 1.54) is 18.4 Å². The van der Waals surface area contributed by atoms with Crippen LogP contribution in [-0.2, 0) is 12.7 Å². The molecule has 0 aliphatic carbocycles. The fourth-order valence-electron chi connectivity index (χ4n) is 3.24. The van der Waals surface area contributed by atoms with Crippen molar-refractivity contribution in [3.05, 3.63) is 65.5 Å². The molecule has 1 amide bonds. The summed E-state index contributed by atoms with van der Waals surface area (Å²) in [6.07, 6.45) is -2.82. The molecule has 0 unspecified atom stereocenters. The number of piperazine rings is 1. The average molecular weight is 405 g/mol. The Hall–Kier alpha value is -3.07. The Kier molecular flexibility index (Phi) is 5.14. The van der Waals surface area contributed by atoms with Gasteiger partial charge in [0.2, 0.25) is 5.76 Å². The fraction of sp³-hybridized carbons (Fsp3) is 0.300. The van der Waals surface area contributed by atoms with Crippen molar-refractivity contribution < 1.29 is 26.9 Å². The molecular weight excluding hydrogens is 387 g/mol. The van der Waals surface area contributed by atoms with Gasteiger partial charge in [0.25, 0.3) is 5.91 Å². The van der Waals surface area contributed by atoms with Crippen LogP contribution < -0.4 is 0 Å². The number of hydrogen-bond acceptors (Lipinski definition) is 5. The predicted octanol–water partition coefficient (Wildman–Crippen LogP) is 3.91. The molecule has 0 bridgehead atoms. The van der Waals surface area contributed by atoms with Crippen LogP contribution in [0.25, 0.3) is 11.5 Å². The topological polar surface area (TPSA) is 62.7 Å². The number of amides is 1. The van der Waals surface area contributed by atoms with Crippen LogP contribution >= 0.6 is 0 Å². The SMILES string of the molecule is O=C(c1cc(-c2ccco2)on1)N1CCN(Cc2ccc(C(F)(F)F)cc2)CC1. The molecule has 2 aromatic heterocycles. The lowest BCUT2D eigenvalue weighted by Gasteiger charge is -2.34. The molecular formula is C20H18F3N3O3. The molecule has 1 aromatic carbocycles. The zero-order valence-corrected chi connectivity index (χ0v) is 15.4. The molecule has 0 spiro atoms. The van der Waals surface area contributed by atoms with Crippen LogP contribution in [-0.4, -0.2) is 47.0 Å². The monoisotopic (exact) mass is 405 g/mol. The largest absolute Gasteiger partial charge is 0.461 e. The van der Waals surface area contributed by atoms with E-state index in [9.17, 15) is 18.0 Å². The van der Waals surface area contributed by atoms with Crippen LogP contribution in [0.5, 0.6) is 0 Å². The highest BCUT2D eigenvalue weighted by atomic mass is 19.4. The molecule has 3 heterocycles. The second-order valence-electron chi connectivity index (χ2n) is 6.82. The molecule has 29 heavy (non-hydrogen) atoms. The lowest BCUT2D eigenvalue weighted by Crippen LogP contribution is -2.48. The van der Waals surface area contributed by atoms with Crippen molar-refractivity contribution in [2.75, 3.05) is 26.2 Å². The Morgan fingerprint density at radius 3 is 2.38 bits per heavy atom. The van der Waals surface area contributed by atoms with E-state index in [4.69, 9.17) is 8.94 Å². The van der Waals surface area contributed by atoms with E-state index in [0.717, 1.165) is 17.7 Å². The summed E-state index contributed by atoms with van der Waals surface area (Å²) in [6.45, 7) is 2.78. The first-order valence-electron chi connectivity index (χ1n) is 9.08. The van der Waals surface area contributed by atoms with Crippen molar-refractivity contribution in [2.45, 2.75) is 12.7 Å². The predicted molar refractivity (Wildman–Crippen MR) is 96.8 cm³/mol. The van der Waals surface area contributed by atoms with Crippen LogP contribution in [0.1, 0.15) is 21.6 Å². The number of aromatic nitrogens is 1. The van der Waals surface area contributed by atoms with E-state index >= 15 is 0 Å². The van der Waals surface area contributed by atoms with E-state index in [2.05, 4.69) is 10.1 Å². The van der Waals surface area contributed by atoms with Crippen molar-refractivity contribution in [1.29, 1.82) is 0 Å². The average Bonchev–Trinajstić information content (AvgIpc) is 3.39. The summed E-state index contributed by atoms with van der Waals surface area (Å²) >= 11 is 0. The van der Waals surface area contributed by atoms with Crippen LogP contribution in [0.4, 0.5) is 13.2 Å². The number of alkyl halides is 3. The lowest BCUT2D eigenvalue weighted by molar-refractivity contribution is -0.137. The van der Waals surface area contributed by atoms with E-state index in [0.29, 0.717) is 44.2 Å². The molecule has 0 N–H and O–H groups in total. The van der Waals surface area contributed by atoms with Crippen molar-refractivity contribution in [3.63, 3.8) is 0 Å². The molecule has 1 saturated heterocycles. The van der Waals surface area contributed by atoms with Crippen molar-refractivity contribution in [1.82, 2.24) is 15.0 Å². The van der Waals surface area contributed by atoms with Crippen molar-refractivity contribution in [2.24, 2.45) is 0 Å². The number of furan rings is 1. The Bertz CT molecular complexity index is 957. The molecule has 0 saturated carbocycles. The first kappa shape index (κ1) is 19.3. The molecule has 4 rings (SSSR count). The van der Waals surface area contributed by atoms with Gasteiger partial charge in [0.05, 0.1) is 11.8 Å². The highest BCUT2D eigenvalue weighted by Gasteiger charge is 2.30. The smallest absolute Gasteiger partial charge is 0.416 e. The van der Waals surface area contributed by atoms with Gasteiger partial charge < -0.3 is 13.8 Å². The standard InChI is InChI=1S/C20H18F3N3O3/c21-20(22,23)15-5-3-14(4-6-15)13-25-7-9-26(10-8-25)19(27)16-12-18(29-24-16)17-2-1-11-28-17/h1-6,11-12H,7-10,13H2. The maximum atomic E-state index is 12.7. The lowest BCUT2D eigenvalue weighted by atomic mass is 10.1. The third-order valence-corrected chi connectivity index (χ3v) is 4.84. The number of rotatable bonds is 4. The van der Waals surface area contributed by atoms with Crippen LogP contribution in [0.2, 0.25) is 0 Å². The number of nitrogens with zero attached hydrogens (tertiary/aromatic N) is 3. The van der Waals surface area contributed by atoms with Crippen LogP contribution in [0.15, 0.2) is 57.7 Å². The first-order chi connectivity index (χ1) is 13.9. The number of halogens is 3. The van der Waals surface area contributed by atoms with Gasteiger partial charge in [0, 0.05) is 38.8 Å². The first-order valence-corrected chi connectivity index (χ1v) is 9.08. The molecule has 1 aliphatic rings. The van der Waals surface area contributed by atoms with Crippen LogP contribution in [0, 0.1) is 0 Å². The third-order valence-electron chi connectivity index (χ3n) is 4.84. The van der Waals surface area contributed by atoms with Crippen molar-refractivity contribution in [3.8, 4) is 11.5 Å². The molecule has 152 valence electrons. The molecule has 0 radical (unpaired) electrons. The summed E-state index contributed by atoms with van der Waals surface area (Å²) in [4.78, 5) is 16.4. The zero-order chi connectivity index (χ0) is 20.4. The van der Waals surface area contributed by atoms with Gasteiger partial charge in [-0.05, 0) is 29.8 Å². The highest BCUT2D eigenvalue weighted by molar-refractivity contribution is 5.93. The van der Waals surface area contributed by atoms with Crippen molar-refractivity contribution >= 4 is 5.91 Å². The van der Waals surface area contributed by atoms with Gasteiger partial charge in [0.15, 0.2) is 11.5 Å². The summed E-state index contributed by atoms with van der Waals surface area (Å²) in [6, 6.07) is 10.2. The van der Waals surface area contributed by atoms with Gasteiger partial charge >= 0.3 is 6.18 Å². The Morgan fingerprint density at radius 2 is 1.76 bits per heavy atom. The molecule has 1 fully saturated rings. The zero-order valence-electron chi connectivity index (χ0n) is 15.4. The maximum Gasteiger partial charge on any atom is 0.416 e. The Morgan fingerprint density at radius 1 is 1.03 bits per heavy atom. The minimum absolute atomic E-state index is 0.215. The highest BCUT2D eigenvalue weighted by Crippen LogP contribution is 2.29. The number of benzene rings is 1. The van der Waals surface area contributed by atoms with E-state index in [-0.39, 0.29) is 11.6 Å². The van der Waals surface area contributed by atoms with Gasteiger partial charge in [-0.15, -0.1) is 0 Å². The minimum Gasteiger partial charge on any atom is -0.461 e. The van der Waals surface area contributed by atoms with E-state index in [1.807, 2.05) is 0 Å². The minimum atomic E-state index is -4.33. The Balaban J connectivity index is 1.32. The number of carbonyl (C=O) groups excluding carboxylic acids is 1. The molecule has 9 heteroatoms. The molecule has 1 aliphatic heterocycles. The molecule has 6 nitrogen and oxygen atoms in total. The van der Waals surface area contributed by atoms with Gasteiger partial charge in [-0.25, -0.2) is 0 Å².